The van der Waals surface area contributed by atoms with E-state index in [2.05, 4.69) is 27.7 Å². The van der Waals surface area contributed by atoms with Crippen molar-refractivity contribution in [3.63, 3.8) is 0 Å². The molecule has 2 heteroatoms. The molecule has 0 spiro atoms. The average Bonchev–Trinajstić information content (AvgIpc) is 2.24. The van der Waals surface area contributed by atoms with Crippen molar-refractivity contribution >= 4 is 5.97 Å². The Bertz CT molecular complexity index is 246. The molecule has 0 unspecified atom stereocenters. The summed E-state index contributed by atoms with van der Waals surface area (Å²) >= 11 is 0. The maximum Gasteiger partial charge on any atom is 0.333 e. The number of unbranched alkanes of at least 4 members (excludes halogenated alkanes) is 4. The Kier molecular flexibility index (Phi) is 7.94. The Balaban J connectivity index is 3.83. The standard InChI is InChI=1S/C15H28O2/c1-6-7-8-9-10-11-13(2)14(16)17-12-15(3,4)5/h11H,6-10,12H2,1-5H3. The summed E-state index contributed by atoms with van der Waals surface area (Å²) in [4.78, 5) is 11.6. The lowest BCUT2D eigenvalue weighted by molar-refractivity contribution is -0.141. The van der Waals surface area contributed by atoms with Gasteiger partial charge in [0.05, 0.1) is 6.61 Å². The summed E-state index contributed by atoms with van der Waals surface area (Å²) in [6.45, 7) is 10.7. The van der Waals surface area contributed by atoms with Crippen LogP contribution in [0, 0.1) is 5.41 Å². The monoisotopic (exact) mass is 240 g/mol. The molecule has 0 saturated heterocycles. The third kappa shape index (κ3) is 10.1. The van der Waals surface area contributed by atoms with Gasteiger partial charge in [-0.05, 0) is 25.2 Å². The third-order valence-corrected chi connectivity index (χ3v) is 2.47. The van der Waals surface area contributed by atoms with E-state index in [0.717, 1.165) is 18.4 Å². The second-order valence-corrected chi connectivity index (χ2v) is 5.87. The summed E-state index contributed by atoms with van der Waals surface area (Å²) in [5, 5.41) is 0. The molecule has 0 amide bonds. The van der Waals surface area contributed by atoms with E-state index < -0.39 is 0 Å². The van der Waals surface area contributed by atoms with Crippen molar-refractivity contribution in [1.29, 1.82) is 0 Å². The minimum absolute atomic E-state index is 0.0388. The molecule has 0 aliphatic rings. The molecule has 0 fully saturated rings. The number of hydrogen-bond donors (Lipinski definition) is 0. The van der Waals surface area contributed by atoms with E-state index >= 15 is 0 Å². The molecule has 0 aromatic rings. The summed E-state index contributed by atoms with van der Waals surface area (Å²) in [6.07, 6.45) is 7.92. The highest BCUT2D eigenvalue weighted by Gasteiger charge is 2.14. The second kappa shape index (κ2) is 8.32. The van der Waals surface area contributed by atoms with E-state index in [4.69, 9.17) is 4.74 Å². The molecule has 0 N–H and O–H groups in total. The van der Waals surface area contributed by atoms with Crippen molar-refractivity contribution in [2.75, 3.05) is 6.61 Å². The van der Waals surface area contributed by atoms with Crippen LogP contribution in [0.1, 0.15) is 66.7 Å². The fourth-order valence-corrected chi connectivity index (χ4v) is 1.37. The van der Waals surface area contributed by atoms with Crippen LogP contribution in [0.2, 0.25) is 0 Å². The molecule has 0 saturated carbocycles. The molecule has 0 atom stereocenters. The lowest BCUT2D eigenvalue weighted by Crippen LogP contribution is -2.18. The zero-order valence-electron chi connectivity index (χ0n) is 12.1. The fourth-order valence-electron chi connectivity index (χ4n) is 1.37. The highest BCUT2D eigenvalue weighted by atomic mass is 16.5. The van der Waals surface area contributed by atoms with Crippen LogP contribution in [0.25, 0.3) is 0 Å². The number of allylic oxidation sites excluding steroid dienone is 1. The Hall–Kier alpha value is -0.790. The first-order chi connectivity index (χ1) is 7.87. The first kappa shape index (κ1) is 16.2. The van der Waals surface area contributed by atoms with Crippen LogP contribution >= 0.6 is 0 Å². The van der Waals surface area contributed by atoms with Gasteiger partial charge >= 0.3 is 5.97 Å². The summed E-state index contributed by atoms with van der Waals surface area (Å²) < 4.78 is 5.24. The van der Waals surface area contributed by atoms with Crippen molar-refractivity contribution in [3.8, 4) is 0 Å². The summed E-state index contributed by atoms with van der Waals surface area (Å²) in [5.41, 5.74) is 0.780. The van der Waals surface area contributed by atoms with Gasteiger partial charge < -0.3 is 4.74 Å². The minimum atomic E-state index is -0.171. The molecule has 0 aliphatic carbocycles. The van der Waals surface area contributed by atoms with E-state index in [-0.39, 0.29) is 11.4 Å². The summed E-state index contributed by atoms with van der Waals surface area (Å²) in [7, 11) is 0. The molecular formula is C15H28O2. The Morgan fingerprint density at radius 3 is 2.35 bits per heavy atom. The predicted molar refractivity (Wildman–Crippen MR) is 72.9 cm³/mol. The van der Waals surface area contributed by atoms with Gasteiger partial charge in [0.25, 0.3) is 0 Å². The van der Waals surface area contributed by atoms with Gasteiger partial charge in [0.2, 0.25) is 0 Å². The van der Waals surface area contributed by atoms with E-state index in [1.54, 1.807) is 0 Å². The van der Waals surface area contributed by atoms with Crippen molar-refractivity contribution in [2.45, 2.75) is 66.7 Å². The zero-order valence-corrected chi connectivity index (χ0v) is 12.1. The van der Waals surface area contributed by atoms with E-state index in [9.17, 15) is 4.79 Å². The number of ether oxygens (including phenoxy) is 1. The highest BCUT2D eigenvalue weighted by molar-refractivity contribution is 5.87. The van der Waals surface area contributed by atoms with Crippen molar-refractivity contribution < 1.29 is 9.53 Å². The molecule has 17 heavy (non-hydrogen) atoms. The zero-order chi connectivity index (χ0) is 13.3. The van der Waals surface area contributed by atoms with Crippen LogP contribution in [0.3, 0.4) is 0 Å². The van der Waals surface area contributed by atoms with Crippen molar-refractivity contribution in [2.24, 2.45) is 5.41 Å². The topological polar surface area (TPSA) is 26.3 Å². The SMILES string of the molecule is CCCCCCC=C(C)C(=O)OCC(C)(C)C. The molecule has 0 aliphatic heterocycles. The van der Waals surface area contributed by atoms with Crippen LogP contribution in [0.5, 0.6) is 0 Å². The van der Waals surface area contributed by atoms with Crippen LogP contribution in [-0.2, 0) is 9.53 Å². The minimum Gasteiger partial charge on any atom is -0.462 e. The van der Waals surface area contributed by atoms with Crippen LogP contribution in [-0.4, -0.2) is 12.6 Å². The number of carbonyl (C=O) groups is 1. The fraction of sp³-hybridized carbons (Fsp3) is 0.800. The maximum absolute atomic E-state index is 11.6. The predicted octanol–water partition coefficient (Wildman–Crippen LogP) is 4.49. The van der Waals surface area contributed by atoms with Crippen LogP contribution in [0.15, 0.2) is 11.6 Å². The Morgan fingerprint density at radius 1 is 1.18 bits per heavy atom. The van der Waals surface area contributed by atoms with Gasteiger partial charge in [-0.25, -0.2) is 4.79 Å². The van der Waals surface area contributed by atoms with Gasteiger partial charge in [0.1, 0.15) is 0 Å². The molecule has 0 aromatic heterocycles. The largest absolute Gasteiger partial charge is 0.462 e. The molecule has 0 aromatic carbocycles. The summed E-state index contributed by atoms with van der Waals surface area (Å²) in [5.74, 6) is -0.171. The van der Waals surface area contributed by atoms with Gasteiger partial charge in [-0.1, -0.05) is 53.0 Å². The molecule has 100 valence electrons. The summed E-state index contributed by atoms with van der Waals surface area (Å²) in [6, 6.07) is 0. The van der Waals surface area contributed by atoms with Gasteiger partial charge in [0.15, 0.2) is 0 Å². The van der Waals surface area contributed by atoms with Crippen LogP contribution < -0.4 is 0 Å². The Morgan fingerprint density at radius 2 is 1.82 bits per heavy atom. The van der Waals surface area contributed by atoms with Gasteiger partial charge in [-0.3, -0.25) is 0 Å². The quantitative estimate of drug-likeness (QED) is 0.372. The van der Waals surface area contributed by atoms with Gasteiger partial charge in [-0.15, -0.1) is 0 Å². The molecule has 0 radical (unpaired) electrons. The lowest BCUT2D eigenvalue weighted by atomic mass is 9.99. The van der Waals surface area contributed by atoms with Crippen molar-refractivity contribution in [1.82, 2.24) is 0 Å². The molecule has 2 nitrogen and oxygen atoms in total. The normalized spacial score (nSPS) is 12.6. The molecular weight excluding hydrogens is 212 g/mol. The van der Waals surface area contributed by atoms with E-state index in [1.807, 2.05) is 13.0 Å². The number of hydrogen-bond acceptors (Lipinski definition) is 2. The Labute approximate surface area is 106 Å². The first-order valence-corrected chi connectivity index (χ1v) is 6.70. The first-order valence-electron chi connectivity index (χ1n) is 6.70. The van der Waals surface area contributed by atoms with Crippen LogP contribution in [0.4, 0.5) is 0 Å². The lowest BCUT2D eigenvalue weighted by Gasteiger charge is -2.17. The molecule has 0 heterocycles. The van der Waals surface area contributed by atoms with Crippen molar-refractivity contribution in [3.05, 3.63) is 11.6 Å². The molecule has 0 rings (SSSR count). The number of rotatable bonds is 7. The second-order valence-electron chi connectivity index (χ2n) is 5.87. The average molecular weight is 240 g/mol. The number of carbonyl (C=O) groups excluding carboxylic acids is 1. The highest BCUT2D eigenvalue weighted by Crippen LogP contribution is 2.14. The maximum atomic E-state index is 11.6. The van der Waals surface area contributed by atoms with E-state index in [1.165, 1.54) is 19.3 Å². The van der Waals surface area contributed by atoms with Gasteiger partial charge in [-0.2, -0.15) is 0 Å². The number of esters is 1. The smallest absolute Gasteiger partial charge is 0.333 e. The van der Waals surface area contributed by atoms with E-state index in [0.29, 0.717) is 6.61 Å². The molecule has 0 bridgehead atoms. The third-order valence-electron chi connectivity index (χ3n) is 2.47. The van der Waals surface area contributed by atoms with Gasteiger partial charge in [0, 0.05) is 5.57 Å².